The number of aryl methyl sites for hydroxylation is 1. The largest absolute Gasteiger partial charge is 0.416 e. The van der Waals surface area contributed by atoms with Crippen molar-refractivity contribution >= 4 is 11.8 Å². The Balaban J connectivity index is 2.06. The van der Waals surface area contributed by atoms with Gasteiger partial charge in [0.15, 0.2) is 0 Å². The van der Waals surface area contributed by atoms with Crippen LogP contribution in [-0.4, -0.2) is 21.7 Å². The molecule has 1 unspecified atom stereocenters. The minimum Gasteiger partial charge on any atom is -0.416 e. The lowest BCUT2D eigenvalue weighted by Gasteiger charge is -2.13. The van der Waals surface area contributed by atoms with Gasteiger partial charge in [-0.15, -0.1) is 10.2 Å². The van der Waals surface area contributed by atoms with Crippen LogP contribution in [0.3, 0.4) is 0 Å². The van der Waals surface area contributed by atoms with Crippen molar-refractivity contribution in [1.29, 1.82) is 0 Å². The van der Waals surface area contributed by atoms with Crippen molar-refractivity contribution in [2.24, 2.45) is 0 Å². The Bertz CT molecular complexity index is 529. The van der Waals surface area contributed by atoms with E-state index >= 15 is 0 Å². The van der Waals surface area contributed by atoms with Crippen LogP contribution in [0.1, 0.15) is 37.8 Å². The third-order valence-corrected chi connectivity index (χ3v) is 3.43. The van der Waals surface area contributed by atoms with Gasteiger partial charge in [-0.25, -0.2) is 4.98 Å². The smallest absolute Gasteiger partial charge is 0.282 e. The highest BCUT2D eigenvalue weighted by molar-refractivity contribution is 7.99. The molecule has 2 aromatic rings. The molecule has 5 nitrogen and oxygen atoms in total. The summed E-state index contributed by atoms with van der Waals surface area (Å²) in [4.78, 5) is 4.31. The van der Waals surface area contributed by atoms with Crippen molar-refractivity contribution in [2.75, 3.05) is 6.54 Å². The predicted molar refractivity (Wildman–Crippen MR) is 74.1 cm³/mol. The van der Waals surface area contributed by atoms with E-state index in [1.165, 1.54) is 17.3 Å². The average molecular weight is 278 g/mol. The SMILES string of the molecule is CCCNC(C)c1ccnc(Sc2nnc(C)o2)c1. The van der Waals surface area contributed by atoms with E-state index in [9.17, 15) is 0 Å². The van der Waals surface area contributed by atoms with Gasteiger partial charge < -0.3 is 9.73 Å². The van der Waals surface area contributed by atoms with Gasteiger partial charge >= 0.3 is 0 Å². The summed E-state index contributed by atoms with van der Waals surface area (Å²) in [6.07, 6.45) is 2.93. The highest BCUT2D eigenvalue weighted by Gasteiger charge is 2.09. The van der Waals surface area contributed by atoms with Crippen molar-refractivity contribution in [3.8, 4) is 0 Å². The lowest BCUT2D eigenvalue weighted by molar-refractivity contribution is 0.429. The molecule has 0 aliphatic heterocycles. The van der Waals surface area contributed by atoms with Crippen LogP contribution in [-0.2, 0) is 0 Å². The van der Waals surface area contributed by atoms with Crippen LogP contribution in [0.4, 0.5) is 0 Å². The number of nitrogens with one attached hydrogen (secondary N) is 1. The molecule has 0 aromatic carbocycles. The zero-order valence-electron chi connectivity index (χ0n) is 11.4. The summed E-state index contributed by atoms with van der Waals surface area (Å²) in [6.45, 7) is 7.09. The van der Waals surface area contributed by atoms with Crippen molar-refractivity contribution < 1.29 is 4.42 Å². The maximum atomic E-state index is 5.34. The average Bonchev–Trinajstić information content (AvgIpc) is 2.81. The van der Waals surface area contributed by atoms with Gasteiger partial charge in [0.25, 0.3) is 5.22 Å². The molecule has 0 saturated carbocycles. The van der Waals surface area contributed by atoms with Crippen LogP contribution >= 0.6 is 11.8 Å². The summed E-state index contributed by atoms with van der Waals surface area (Å²) >= 11 is 1.38. The molecule has 0 saturated heterocycles. The third-order valence-electron chi connectivity index (χ3n) is 2.66. The second kappa shape index (κ2) is 6.68. The van der Waals surface area contributed by atoms with E-state index in [0.29, 0.717) is 17.2 Å². The fourth-order valence-corrected chi connectivity index (χ4v) is 2.37. The Morgan fingerprint density at radius 3 is 2.95 bits per heavy atom. The maximum Gasteiger partial charge on any atom is 0.282 e. The third kappa shape index (κ3) is 4.04. The van der Waals surface area contributed by atoms with Crippen molar-refractivity contribution in [3.05, 3.63) is 29.8 Å². The molecule has 2 aromatic heterocycles. The fraction of sp³-hybridized carbons (Fsp3) is 0.462. The normalized spacial score (nSPS) is 12.6. The quantitative estimate of drug-likeness (QED) is 0.876. The lowest BCUT2D eigenvalue weighted by Crippen LogP contribution is -2.19. The van der Waals surface area contributed by atoms with Crippen molar-refractivity contribution in [1.82, 2.24) is 20.5 Å². The molecule has 6 heteroatoms. The summed E-state index contributed by atoms with van der Waals surface area (Å²) in [5.41, 5.74) is 1.21. The van der Waals surface area contributed by atoms with E-state index in [0.717, 1.165) is 18.0 Å². The number of nitrogens with zero attached hydrogens (tertiary/aromatic N) is 3. The molecule has 0 amide bonds. The number of aromatic nitrogens is 3. The monoisotopic (exact) mass is 278 g/mol. The van der Waals surface area contributed by atoms with E-state index in [-0.39, 0.29) is 0 Å². The summed E-state index contributed by atoms with van der Waals surface area (Å²) in [5.74, 6) is 0.566. The minimum absolute atomic E-state index is 0.312. The molecule has 0 radical (unpaired) electrons. The molecule has 2 rings (SSSR count). The molecule has 0 aliphatic rings. The predicted octanol–water partition coefficient (Wildman–Crippen LogP) is 2.98. The van der Waals surface area contributed by atoms with Crippen LogP contribution in [0.15, 0.2) is 33.0 Å². The topological polar surface area (TPSA) is 63.8 Å². The Kier molecular flexibility index (Phi) is 4.93. The molecule has 0 bridgehead atoms. The number of pyridine rings is 1. The Labute approximate surface area is 117 Å². The molecule has 2 heterocycles. The van der Waals surface area contributed by atoms with Gasteiger partial charge in [-0.05, 0) is 49.3 Å². The number of hydrogen-bond acceptors (Lipinski definition) is 6. The Morgan fingerprint density at radius 1 is 1.42 bits per heavy atom. The molecule has 0 spiro atoms. The van der Waals surface area contributed by atoms with Crippen molar-refractivity contribution in [2.45, 2.75) is 43.5 Å². The van der Waals surface area contributed by atoms with E-state index in [2.05, 4.69) is 40.4 Å². The summed E-state index contributed by atoms with van der Waals surface area (Å²) in [6, 6.07) is 4.39. The molecule has 0 aliphatic carbocycles. The zero-order valence-corrected chi connectivity index (χ0v) is 12.2. The number of hydrogen-bond donors (Lipinski definition) is 1. The highest BCUT2D eigenvalue weighted by Crippen LogP contribution is 2.26. The standard InChI is InChI=1S/C13H18N4OS/c1-4-6-14-9(2)11-5-7-15-12(8-11)19-13-17-16-10(3)18-13/h5,7-9,14H,4,6H2,1-3H3. The highest BCUT2D eigenvalue weighted by atomic mass is 32.2. The summed E-state index contributed by atoms with van der Waals surface area (Å²) in [7, 11) is 0. The van der Waals surface area contributed by atoms with Gasteiger partial charge in [0.05, 0.1) is 0 Å². The molecule has 1 N–H and O–H groups in total. The minimum atomic E-state index is 0.312. The zero-order chi connectivity index (χ0) is 13.7. The van der Waals surface area contributed by atoms with E-state index in [4.69, 9.17) is 4.42 Å². The number of rotatable bonds is 6. The maximum absolute atomic E-state index is 5.34. The van der Waals surface area contributed by atoms with Gasteiger partial charge in [0.2, 0.25) is 5.89 Å². The first-order valence-electron chi connectivity index (χ1n) is 6.36. The second-order valence-corrected chi connectivity index (χ2v) is 5.26. The van der Waals surface area contributed by atoms with Gasteiger partial charge in [0.1, 0.15) is 5.03 Å². The van der Waals surface area contributed by atoms with Crippen LogP contribution < -0.4 is 5.32 Å². The molecule has 0 fully saturated rings. The van der Waals surface area contributed by atoms with E-state index < -0.39 is 0 Å². The first kappa shape index (κ1) is 14.0. The molecular weight excluding hydrogens is 260 g/mol. The fourth-order valence-electron chi connectivity index (χ4n) is 1.64. The first-order chi connectivity index (χ1) is 9.19. The van der Waals surface area contributed by atoms with Crippen LogP contribution in [0.2, 0.25) is 0 Å². The molecular formula is C13H18N4OS. The van der Waals surface area contributed by atoms with Gasteiger partial charge in [-0.1, -0.05) is 6.92 Å². The molecule has 102 valence electrons. The van der Waals surface area contributed by atoms with Gasteiger partial charge in [-0.2, -0.15) is 0 Å². The van der Waals surface area contributed by atoms with Gasteiger partial charge in [-0.3, -0.25) is 0 Å². The molecule has 19 heavy (non-hydrogen) atoms. The van der Waals surface area contributed by atoms with Crippen LogP contribution in [0.25, 0.3) is 0 Å². The van der Waals surface area contributed by atoms with E-state index in [1.807, 2.05) is 12.3 Å². The Hall–Kier alpha value is -1.40. The molecule has 1 atom stereocenters. The van der Waals surface area contributed by atoms with Crippen molar-refractivity contribution in [3.63, 3.8) is 0 Å². The van der Waals surface area contributed by atoms with Gasteiger partial charge in [0, 0.05) is 19.2 Å². The van der Waals surface area contributed by atoms with Crippen LogP contribution in [0, 0.1) is 6.92 Å². The first-order valence-corrected chi connectivity index (χ1v) is 7.18. The van der Waals surface area contributed by atoms with E-state index in [1.54, 1.807) is 6.92 Å². The Morgan fingerprint density at radius 2 is 2.26 bits per heavy atom. The second-order valence-electron chi connectivity index (χ2n) is 4.29. The lowest BCUT2D eigenvalue weighted by atomic mass is 10.1. The summed E-state index contributed by atoms with van der Waals surface area (Å²) in [5, 5.41) is 12.6. The summed E-state index contributed by atoms with van der Waals surface area (Å²) < 4.78 is 5.34. The van der Waals surface area contributed by atoms with Crippen LogP contribution in [0.5, 0.6) is 0 Å².